The Morgan fingerprint density at radius 3 is 2.53 bits per heavy atom. The molecule has 0 spiro atoms. The first kappa shape index (κ1) is 13.9. The molecule has 0 aromatic rings. The van der Waals surface area contributed by atoms with Crippen molar-refractivity contribution in [2.24, 2.45) is 0 Å². The highest BCUT2D eigenvalue weighted by atomic mass is 16.5. The predicted molar refractivity (Wildman–Crippen MR) is 63.5 cm³/mol. The fourth-order valence-corrected chi connectivity index (χ4v) is 1.47. The largest absolute Gasteiger partial charge is 0.363 e. The molecule has 6 heteroatoms. The molecule has 0 radical (unpaired) electrons. The van der Waals surface area contributed by atoms with E-state index in [-0.39, 0.29) is 24.0 Å². The molecule has 1 rings (SSSR count). The maximum absolute atomic E-state index is 11.4. The Balaban J connectivity index is 2.03. The van der Waals surface area contributed by atoms with Crippen LogP contribution in [-0.2, 0) is 14.3 Å². The van der Waals surface area contributed by atoms with E-state index in [1.807, 2.05) is 13.8 Å². The molecular weight excluding hydrogens is 222 g/mol. The van der Waals surface area contributed by atoms with Crippen molar-refractivity contribution in [1.82, 2.24) is 16.0 Å². The van der Waals surface area contributed by atoms with Crippen LogP contribution in [0.3, 0.4) is 0 Å². The zero-order valence-corrected chi connectivity index (χ0v) is 10.5. The summed E-state index contributed by atoms with van der Waals surface area (Å²) in [5, 5.41) is 8.40. The van der Waals surface area contributed by atoms with Crippen molar-refractivity contribution in [3.8, 4) is 0 Å². The molecule has 0 aromatic carbocycles. The molecule has 1 aliphatic heterocycles. The van der Waals surface area contributed by atoms with E-state index in [2.05, 4.69) is 16.0 Å². The standard InChI is InChI=1S/C11H21N3O3/c1-3-13-9(15)4-5-14-10(16)6-17-11(2)7-12-8-11/h12H,3-8H2,1-2H3,(H,13,15)(H,14,16). The van der Waals surface area contributed by atoms with E-state index in [1.54, 1.807) is 0 Å². The van der Waals surface area contributed by atoms with E-state index < -0.39 is 0 Å². The summed E-state index contributed by atoms with van der Waals surface area (Å²) in [4.78, 5) is 22.5. The molecule has 1 saturated heterocycles. The fourth-order valence-electron chi connectivity index (χ4n) is 1.47. The van der Waals surface area contributed by atoms with Crippen LogP contribution >= 0.6 is 0 Å². The fraction of sp³-hybridized carbons (Fsp3) is 0.818. The first-order valence-corrected chi connectivity index (χ1v) is 5.94. The quantitative estimate of drug-likeness (QED) is 0.536. The van der Waals surface area contributed by atoms with E-state index >= 15 is 0 Å². The molecule has 2 amide bonds. The lowest BCUT2D eigenvalue weighted by Gasteiger charge is -2.38. The number of carbonyl (C=O) groups is 2. The van der Waals surface area contributed by atoms with Gasteiger partial charge in [0.2, 0.25) is 11.8 Å². The van der Waals surface area contributed by atoms with Crippen molar-refractivity contribution in [3.05, 3.63) is 0 Å². The summed E-state index contributed by atoms with van der Waals surface area (Å²) in [5.41, 5.74) is -0.211. The third-order valence-electron chi connectivity index (χ3n) is 2.60. The smallest absolute Gasteiger partial charge is 0.246 e. The van der Waals surface area contributed by atoms with Crippen molar-refractivity contribution in [2.45, 2.75) is 25.9 Å². The van der Waals surface area contributed by atoms with Crippen molar-refractivity contribution in [3.63, 3.8) is 0 Å². The molecule has 1 fully saturated rings. The maximum Gasteiger partial charge on any atom is 0.246 e. The summed E-state index contributed by atoms with van der Waals surface area (Å²) < 4.78 is 5.46. The van der Waals surface area contributed by atoms with Crippen LogP contribution in [0.5, 0.6) is 0 Å². The predicted octanol–water partition coefficient (Wildman–Crippen LogP) is -0.993. The minimum absolute atomic E-state index is 0.0492. The highest BCUT2D eigenvalue weighted by Crippen LogP contribution is 2.14. The van der Waals surface area contributed by atoms with Gasteiger partial charge in [0.05, 0.1) is 5.60 Å². The molecule has 0 atom stereocenters. The molecule has 1 heterocycles. The summed E-state index contributed by atoms with van der Waals surface area (Å²) in [7, 11) is 0. The van der Waals surface area contributed by atoms with Crippen LogP contribution in [0.1, 0.15) is 20.3 Å². The van der Waals surface area contributed by atoms with Gasteiger partial charge < -0.3 is 20.7 Å². The molecular formula is C11H21N3O3. The van der Waals surface area contributed by atoms with Crippen LogP contribution in [0, 0.1) is 0 Å². The second-order valence-electron chi connectivity index (χ2n) is 4.40. The van der Waals surface area contributed by atoms with Gasteiger partial charge in [-0.05, 0) is 13.8 Å². The van der Waals surface area contributed by atoms with E-state index in [9.17, 15) is 9.59 Å². The topological polar surface area (TPSA) is 79.5 Å². The summed E-state index contributed by atoms with van der Waals surface area (Å²) in [6.45, 7) is 6.39. The van der Waals surface area contributed by atoms with Crippen molar-refractivity contribution in [2.75, 3.05) is 32.8 Å². The third-order valence-corrected chi connectivity index (χ3v) is 2.60. The minimum atomic E-state index is -0.211. The lowest BCUT2D eigenvalue weighted by atomic mass is 10.0. The van der Waals surface area contributed by atoms with Gasteiger partial charge in [0.15, 0.2) is 0 Å². The second-order valence-corrected chi connectivity index (χ2v) is 4.40. The Hall–Kier alpha value is -1.14. The monoisotopic (exact) mass is 243 g/mol. The van der Waals surface area contributed by atoms with Gasteiger partial charge in [0.25, 0.3) is 0 Å². The average Bonchev–Trinajstić information content (AvgIpc) is 2.24. The van der Waals surface area contributed by atoms with Gasteiger partial charge in [-0.25, -0.2) is 0 Å². The van der Waals surface area contributed by atoms with E-state index in [4.69, 9.17) is 4.74 Å². The van der Waals surface area contributed by atoms with Crippen LogP contribution in [0.15, 0.2) is 0 Å². The summed E-state index contributed by atoms with van der Waals surface area (Å²) in [6, 6.07) is 0. The lowest BCUT2D eigenvalue weighted by molar-refractivity contribution is -0.135. The normalized spacial score (nSPS) is 17.1. The van der Waals surface area contributed by atoms with Gasteiger partial charge in [-0.15, -0.1) is 0 Å². The highest BCUT2D eigenvalue weighted by Gasteiger charge is 2.32. The van der Waals surface area contributed by atoms with Gasteiger partial charge in [0, 0.05) is 32.6 Å². The maximum atomic E-state index is 11.4. The van der Waals surface area contributed by atoms with Gasteiger partial charge in [-0.1, -0.05) is 0 Å². The van der Waals surface area contributed by atoms with Crippen molar-refractivity contribution < 1.29 is 14.3 Å². The summed E-state index contributed by atoms with van der Waals surface area (Å²) in [5.74, 6) is -0.230. The number of amides is 2. The summed E-state index contributed by atoms with van der Waals surface area (Å²) in [6.07, 6.45) is 0.304. The van der Waals surface area contributed by atoms with Gasteiger partial charge in [-0.2, -0.15) is 0 Å². The van der Waals surface area contributed by atoms with E-state index in [0.717, 1.165) is 13.1 Å². The molecule has 0 saturated carbocycles. The number of ether oxygens (including phenoxy) is 1. The van der Waals surface area contributed by atoms with E-state index in [1.165, 1.54) is 0 Å². The Morgan fingerprint density at radius 1 is 1.29 bits per heavy atom. The SMILES string of the molecule is CCNC(=O)CCNC(=O)COC1(C)CNC1. The molecule has 0 aliphatic carbocycles. The Kier molecular flexibility index (Phi) is 5.37. The van der Waals surface area contributed by atoms with Gasteiger partial charge in [-0.3, -0.25) is 9.59 Å². The van der Waals surface area contributed by atoms with Crippen molar-refractivity contribution >= 4 is 11.8 Å². The Labute approximate surface area is 101 Å². The Morgan fingerprint density at radius 2 is 2.00 bits per heavy atom. The molecule has 17 heavy (non-hydrogen) atoms. The number of hydrogen-bond acceptors (Lipinski definition) is 4. The minimum Gasteiger partial charge on any atom is -0.363 e. The average molecular weight is 243 g/mol. The van der Waals surface area contributed by atoms with Gasteiger partial charge in [0.1, 0.15) is 6.61 Å². The van der Waals surface area contributed by atoms with Crippen LogP contribution < -0.4 is 16.0 Å². The van der Waals surface area contributed by atoms with Crippen LogP contribution in [0.4, 0.5) is 0 Å². The first-order chi connectivity index (χ1) is 8.06. The Bertz CT molecular complexity index is 277. The summed E-state index contributed by atoms with van der Waals surface area (Å²) >= 11 is 0. The number of nitrogens with one attached hydrogen (secondary N) is 3. The van der Waals surface area contributed by atoms with E-state index in [0.29, 0.717) is 19.5 Å². The molecule has 98 valence electrons. The highest BCUT2D eigenvalue weighted by molar-refractivity contribution is 5.79. The van der Waals surface area contributed by atoms with Crippen LogP contribution in [0.2, 0.25) is 0 Å². The molecule has 6 nitrogen and oxygen atoms in total. The molecule has 3 N–H and O–H groups in total. The second kappa shape index (κ2) is 6.56. The molecule has 0 unspecified atom stereocenters. The molecule has 0 aromatic heterocycles. The van der Waals surface area contributed by atoms with Crippen LogP contribution in [0.25, 0.3) is 0 Å². The number of rotatable bonds is 7. The molecule has 1 aliphatic rings. The van der Waals surface area contributed by atoms with Crippen molar-refractivity contribution in [1.29, 1.82) is 0 Å². The lowest BCUT2D eigenvalue weighted by Crippen LogP contribution is -2.59. The first-order valence-electron chi connectivity index (χ1n) is 5.94. The number of carbonyl (C=O) groups excluding carboxylic acids is 2. The zero-order chi connectivity index (χ0) is 12.7. The van der Waals surface area contributed by atoms with Crippen LogP contribution in [-0.4, -0.2) is 50.2 Å². The molecule has 0 bridgehead atoms. The zero-order valence-electron chi connectivity index (χ0n) is 10.5. The van der Waals surface area contributed by atoms with Gasteiger partial charge >= 0.3 is 0 Å². The third kappa shape index (κ3) is 5.14. The number of hydrogen-bond donors (Lipinski definition) is 3.